The van der Waals surface area contributed by atoms with Gasteiger partial charge in [0.05, 0.1) is 16.7 Å². The van der Waals surface area contributed by atoms with Gasteiger partial charge in [-0.25, -0.2) is 4.98 Å². The lowest BCUT2D eigenvalue weighted by molar-refractivity contribution is 1.10. The molecule has 0 saturated heterocycles. The van der Waals surface area contributed by atoms with Crippen LogP contribution in [0.2, 0.25) is 0 Å². The summed E-state index contributed by atoms with van der Waals surface area (Å²) in [7, 11) is 0. The SMILES string of the molecule is CC(=Nc1ccccc1C)c1cc(C)cc(-c2nc3ccccc3n2-c2ccccc2)c1. The van der Waals surface area contributed by atoms with Crippen molar-refractivity contribution < 1.29 is 0 Å². The van der Waals surface area contributed by atoms with Crippen LogP contribution in [0.1, 0.15) is 23.6 Å². The average Bonchev–Trinajstić information content (AvgIpc) is 3.20. The van der Waals surface area contributed by atoms with Gasteiger partial charge in [0.15, 0.2) is 0 Å². The fourth-order valence-electron chi connectivity index (χ4n) is 4.11. The summed E-state index contributed by atoms with van der Waals surface area (Å²) in [6, 6.07) is 33.5. The molecule has 3 nitrogen and oxygen atoms in total. The molecule has 0 aliphatic rings. The predicted molar refractivity (Wildman–Crippen MR) is 134 cm³/mol. The molecule has 156 valence electrons. The van der Waals surface area contributed by atoms with E-state index in [1.54, 1.807) is 0 Å². The first-order chi connectivity index (χ1) is 15.6. The van der Waals surface area contributed by atoms with Gasteiger partial charge in [-0.1, -0.05) is 54.6 Å². The van der Waals surface area contributed by atoms with Crippen molar-refractivity contribution in [1.29, 1.82) is 0 Å². The third-order valence-electron chi connectivity index (χ3n) is 5.73. The van der Waals surface area contributed by atoms with E-state index in [0.717, 1.165) is 45.1 Å². The third-order valence-corrected chi connectivity index (χ3v) is 5.73. The van der Waals surface area contributed by atoms with Crippen LogP contribution in [-0.4, -0.2) is 15.3 Å². The number of nitrogens with zero attached hydrogens (tertiary/aromatic N) is 3. The van der Waals surface area contributed by atoms with Crippen LogP contribution in [0, 0.1) is 13.8 Å². The van der Waals surface area contributed by atoms with Gasteiger partial charge >= 0.3 is 0 Å². The number of aryl methyl sites for hydroxylation is 2. The molecule has 0 N–H and O–H groups in total. The minimum absolute atomic E-state index is 0.936. The molecule has 0 radical (unpaired) electrons. The normalized spacial score (nSPS) is 11.8. The Morgan fingerprint density at radius 2 is 1.50 bits per heavy atom. The maximum atomic E-state index is 5.02. The Kier molecular flexibility index (Phi) is 5.16. The van der Waals surface area contributed by atoms with Crippen LogP contribution < -0.4 is 0 Å². The number of aliphatic imine (C=N–C) groups is 1. The highest BCUT2D eigenvalue weighted by Gasteiger charge is 2.15. The molecule has 3 heteroatoms. The number of para-hydroxylation sites is 4. The number of rotatable bonds is 4. The minimum atomic E-state index is 0.936. The first kappa shape index (κ1) is 20.0. The zero-order chi connectivity index (χ0) is 22.1. The maximum Gasteiger partial charge on any atom is 0.145 e. The molecule has 0 amide bonds. The highest BCUT2D eigenvalue weighted by atomic mass is 15.1. The van der Waals surface area contributed by atoms with E-state index in [2.05, 4.69) is 98.1 Å². The zero-order valence-electron chi connectivity index (χ0n) is 18.6. The number of fused-ring (bicyclic) bond motifs is 1. The first-order valence-corrected chi connectivity index (χ1v) is 10.9. The summed E-state index contributed by atoms with van der Waals surface area (Å²) >= 11 is 0. The summed E-state index contributed by atoms with van der Waals surface area (Å²) in [5, 5.41) is 0. The largest absolute Gasteiger partial charge is 0.292 e. The lowest BCUT2D eigenvalue weighted by Gasteiger charge is -2.12. The van der Waals surface area contributed by atoms with Gasteiger partial charge in [-0.2, -0.15) is 0 Å². The molecular formula is C29H25N3. The van der Waals surface area contributed by atoms with E-state index in [9.17, 15) is 0 Å². The predicted octanol–water partition coefficient (Wildman–Crippen LogP) is 7.45. The Morgan fingerprint density at radius 1 is 0.781 bits per heavy atom. The van der Waals surface area contributed by atoms with E-state index in [1.165, 1.54) is 11.1 Å². The molecule has 1 heterocycles. The number of hydrogen-bond donors (Lipinski definition) is 0. The summed E-state index contributed by atoms with van der Waals surface area (Å²) in [5.74, 6) is 0.936. The van der Waals surface area contributed by atoms with Crippen molar-refractivity contribution in [3.05, 3.63) is 114 Å². The molecule has 0 aliphatic heterocycles. The molecule has 0 unspecified atom stereocenters. The van der Waals surface area contributed by atoms with Gasteiger partial charge in [-0.05, 0) is 79.9 Å². The molecule has 0 fully saturated rings. The number of imidazole rings is 1. The Hall–Kier alpha value is -3.98. The van der Waals surface area contributed by atoms with Crippen molar-refractivity contribution in [3.8, 4) is 17.1 Å². The van der Waals surface area contributed by atoms with Gasteiger partial charge in [0.2, 0.25) is 0 Å². The van der Waals surface area contributed by atoms with Crippen molar-refractivity contribution in [3.63, 3.8) is 0 Å². The minimum Gasteiger partial charge on any atom is -0.292 e. The Bertz CT molecular complexity index is 1440. The van der Waals surface area contributed by atoms with Crippen LogP contribution in [0.5, 0.6) is 0 Å². The van der Waals surface area contributed by atoms with E-state index in [1.807, 2.05) is 24.3 Å². The molecule has 0 saturated carbocycles. The number of benzene rings is 4. The van der Waals surface area contributed by atoms with E-state index in [0.29, 0.717) is 0 Å². The fraction of sp³-hybridized carbons (Fsp3) is 0.103. The Balaban J connectivity index is 1.69. The van der Waals surface area contributed by atoms with Gasteiger partial charge in [0.1, 0.15) is 5.82 Å². The van der Waals surface area contributed by atoms with E-state index < -0.39 is 0 Å². The molecule has 0 aliphatic carbocycles. The highest BCUT2D eigenvalue weighted by molar-refractivity contribution is 6.01. The topological polar surface area (TPSA) is 30.2 Å². The van der Waals surface area contributed by atoms with Crippen molar-refractivity contribution in [2.45, 2.75) is 20.8 Å². The smallest absolute Gasteiger partial charge is 0.145 e. The molecule has 0 bridgehead atoms. The molecule has 5 aromatic rings. The van der Waals surface area contributed by atoms with Crippen LogP contribution in [0.3, 0.4) is 0 Å². The third kappa shape index (κ3) is 3.74. The first-order valence-electron chi connectivity index (χ1n) is 10.9. The van der Waals surface area contributed by atoms with Crippen LogP contribution in [0.25, 0.3) is 28.1 Å². The maximum absolute atomic E-state index is 5.02. The monoisotopic (exact) mass is 415 g/mol. The van der Waals surface area contributed by atoms with Gasteiger partial charge in [-0.15, -0.1) is 0 Å². The summed E-state index contributed by atoms with van der Waals surface area (Å²) in [4.78, 5) is 9.94. The van der Waals surface area contributed by atoms with Crippen LogP contribution in [-0.2, 0) is 0 Å². The van der Waals surface area contributed by atoms with Crippen LogP contribution in [0.15, 0.2) is 102 Å². The van der Waals surface area contributed by atoms with Gasteiger partial charge in [-0.3, -0.25) is 9.56 Å². The van der Waals surface area contributed by atoms with Gasteiger partial charge < -0.3 is 0 Å². The lowest BCUT2D eigenvalue weighted by atomic mass is 10.0. The number of aromatic nitrogens is 2. The van der Waals surface area contributed by atoms with Crippen molar-refractivity contribution in [2.75, 3.05) is 0 Å². The van der Waals surface area contributed by atoms with Crippen molar-refractivity contribution in [1.82, 2.24) is 9.55 Å². The van der Waals surface area contributed by atoms with Crippen molar-refractivity contribution in [2.24, 2.45) is 4.99 Å². The molecule has 4 aromatic carbocycles. The summed E-state index contributed by atoms with van der Waals surface area (Å²) in [6.07, 6.45) is 0. The average molecular weight is 416 g/mol. The summed E-state index contributed by atoms with van der Waals surface area (Å²) < 4.78 is 2.24. The number of hydrogen-bond acceptors (Lipinski definition) is 2. The fourth-order valence-corrected chi connectivity index (χ4v) is 4.11. The van der Waals surface area contributed by atoms with Gasteiger partial charge in [0, 0.05) is 17.0 Å². The van der Waals surface area contributed by atoms with Crippen LogP contribution in [0.4, 0.5) is 5.69 Å². The molecule has 32 heavy (non-hydrogen) atoms. The van der Waals surface area contributed by atoms with Gasteiger partial charge in [0.25, 0.3) is 0 Å². The van der Waals surface area contributed by atoms with Crippen LogP contribution >= 0.6 is 0 Å². The van der Waals surface area contributed by atoms with E-state index in [4.69, 9.17) is 9.98 Å². The zero-order valence-corrected chi connectivity index (χ0v) is 18.6. The summed E-state index contributed by atoms with van der Waals surface area (Å²) in [6.45, 7) is 6.30. The van der Waals surface area contributed by atoms with E-state index >= 15 is 0 Å². The second-order valence-electron chi connectivity index (χ2n) is 8.17. The molecule has 0 atom stereocenters. The molecular weight excluding hydrogens is 390 g/mol. The second-order valence-corrected chi connectivity index (χ2v) is 8.17. The molecule has 5 rings (SSSR count). The quantitative estimate of drug-likeness (QED) is 0.280. The second kappa shape index (κ2) is 8.27. The molecule has 0 spiro atoms. The summed E-state index contributed by atoms with van der Waals surface area (Å²) in [5.41, 5.74) is 9.73. The standard InChI is InChI=1S/C29H25N3/c1-20-17-23(22(3)30-26-14-8-7-11-21(26)2)19-24(18-20)29-31-27-15-9-10-16-28(27)32(29)25-12-5-4-6-13-25/h4-19H,1-3H3. The Morgan fingerprint density at radius 3 is 2.31 bits per heavy atom. The van der Waals surface area contributed by atoms with E-state index in [-0.39, 0.29) is 0 Å². The lowest BCUT2D eigenvalue weighted by Crippen LogP contribution is -2.00. The highest BCUT2D eigenvalue weighted by Crippen LogP contribution is 2.30. The van der Waals surface area contributed by atoms with Crippen molar-refractivity contribution >= 4 is 22.4 Å². The molecule has 1 aromatic heterocycles. The Labute approximate surface area is 188 Å².